The van der Waals surface area contributed by atoms with Gasteiger partial charge in [0.15, 0.2) is 5.82 Å². The van der Waals surface area contributed by atoms with Gasteiger partial charge >= 0.3 is 6.18 Å². The van der Waals surface area contributed by atoms with E-state index in [4.69, 9.17) is 4.74 Å². The van der Waals surface area contributed by atoms with E-state index >= 15 is 0 Å². The van der Waals surface area contributed by atoms with Crippen molar-refractivity contribution in [3.05, 3.63) is 98.3 Å². The zero-order valence-electron chi connectivity index (χ0n) is 19.8. The molecule has 4 aromatic rings. The average molecular weight is 510 g/mol. The highest BCUT2D eigenvalue weighted by atomic mass is 19.4. The van der Waals surface area contributed by atoms with Crippen molar-refractivity contribution >= 4 is 22.8 Å². The van der Waals surface area contributed by atoms with E-state index in [2.05, 4.69) is 10.1 Å². The third-order valence-corrected chi connectivity index (χ3v) is 5.62. The molecule has 0 N–H and O–H groups in total. The van der Waals surface area contributed by atoms with Crippen LogP contribution in [0.1, 0.15) is 31.4 Å². The summed E-state index contributed by atoms with van der Waals surface area (Å²) in [4.78, 5) is 28.5. The zero-order chi connectivity index (χ0) is 26.7. The van der Waals surface area contributed by atoms with Crippen LogP contribution in [0.5, 0.6) is 5.75 Å². The standard InChI is InChI=1S/C26H21F3N4O4/c1-3-16(2)37-23-12-11-20(33(35)36)14-18(23)15-30-32-24(17-7-6-8-19(13-17)26(27,28)29)31-22-10-5-4-9-21(22)25(32)34/h4-16H,3H2,1-2H3/t16-/m1/s1. The van der Waals surface area contributed by atoms with Crippen LogP contribution in [0, 0.1) is 10.1 Å². The molecule has 0 bridgehead atoms. The second-order valence-electron chi connectivity index (χ2n) is 8.21. The Morgan fingerprint density at radius 2 is 1.89 bits per heavy atom. The number of fused-ring (bicyclic) bond motifs is 1. The van der Waals surface area contributed by atoms with E-state index in [0.29, 0.717) is 12.2 Å². The molecule has 0 aliphatic rings. The number of non-ortho nitro benzene ring substituents is 1. The minimum atomic E-state index is -4.60. The second-order valence-corrected chi connectivity index (χ2v) is 8.21. The smallest absolute Gasteiger partial charge is 0.416 e. The van der Waals surface area contributed by atoms with E-state index in [9.17, 15) is 28.1 Å². The van der Waals surface area contributed by atoms with Crippen LogP contribution in [0.3, 0.4) is 0 Å². The molecule has 1 heterocycles. The lowest BCUT2D eigenvalue weighted by molar-refractivity contribution is -0.384. The minimum Gasteiger partial charge on any atom is -0.490 e. The highest BCUT2D eigenvalue weighted by Gasteiger charge is 2.31. The topological polar surface area (TPSA) is 99.6 Å². The number of hydrogen-bond acceptors (Lipinski definition) is 6. The molecule has 4 rings (SSSR count). The molecule has 1 atom stereocenters. The van der Waals surface area contributed by atoms with E-state index in [-0.39, 0.29) is 39.6 Å². The van der Waals surface area contributed by atoms with Gasteiger partial charge in [-0.25, -0.2) is 4.98 Å². The zero-order valence-corrected chi connectivity index (χ0v) is 19.8. The number of rotatable bonds is 7. The SMILES string of the molecule is CC[C@@H](C)Oc1ccc([N+](=O)[O-])cc1C=Nn1c(-c2cccc(C(F)(F)F)c2)nc2ccccc2c1=O. The number of para-hydroxylation sites is 1. The normalized spacial score (nSPS) is 12.7. The summed E-state index contributed by atoms with van der Waals surface area (Å²) in [6, 6.07) is 14.7. The number of alkyl halides is 3. The molecule has 0 saturated carbocycles. The summed E-state index contributed by atoms with van der Waals surface area (Å²) in [6.45, 7) is 3.73. The summed E-state index contributed by atoms with van der Waals surface area (Å²) in [5, 5.41) is 15.8. The molecule has 0 spiro atoms. The van der Waals surface area contributed by atoms with Gasteiger partial charge in [0.1, 0.15) is 5.75 Å². The number of nitro groups is 1. The van der Waals surface area contributed by atoms with Crippen molar-refractivity contribution in [2.75, 3.05) is 0 Å². The van der Waals surface area contributed by atoms with Crippen molar-refractivity contribution in [3.8, 4) is 17.1 Å². The van der Waals surface area contributed by atoms with Gasteiger partial charge in [-0.2, -0.15) is 22.9 Å². The van der Waals surface area contributed by atoms with Crippen molar-refractivity contribution in [2.45, 2.75) is 32.5 Å². The van der Waals surface area contributed by atoms with Crippen LogP contribution >= 0.6 is 0 Å². The fourth-order valence-corrected chi connectivity index (χ4v) is 3.53. The number of aromatic nitrogens is 2. The Morgan fingerprint density at radius 1 is 1.14 bits per heavy atom. The van der Waals surface area contributed by atoms with Crippen LogP contribution in [0.2, 0.25) is 0 Å². The maximum Gasteiger partial charge on any atom is 0.416 e. The third kappa shape index (κ3) is 5.50. The number of ether oxygens (including phenoxy) is 1. The van der Waals surface area contributed by atoms with Gasteiger partial charge in [0.25, 0.3) is 11.2 Å². The number of hydrogen-bond donors (Lipinski definition) is 0. The summed E-state index contributed by atoms with van der Waals surface area (Å²) in [7, 11) is 0. The van der Waals surface area contributed by atoms with Gasteiger partial charge in [0, 0.05) is 23.3 Å². The summed E-state index contributed by atoms with van der Waals surface area (Å²) in [6.07, 6.45) is -2.95. The Hall–Kier alpha value is -4.54. The lowest BCUT2D eigenvalue weighted by atomic mass is 10.1. The van der Waals surface area contributed by atoms with Gasteiger partial charge < -0.3 is 4.74 Å². The first-order chi connectivity index (χ1) is 17.6. The van der Waals surface area contributed by atoms with E-state index in [1.807, 2.05) is 13.8 Å². The number of halogens is 3. The van der Waals surface area contributed by atoms with Gasteiger partial charge in [-0.3, -0.25) is 14.9 Å². The molecule has 190 valence electrons. The molecule has 3 aromatic carbocycles. The van der Waals surface area contributed by atoms with Gasteiger partial charge in [0.05, 0.1) is 33.7 Å². The molecule has 0 aliphatic heterocycles. The van der Waals surface area contributed by atoms with E-state index in [1.165, 1.54) is 42.6 Å². The van der Waals surface area contributed by atoms with Crippen LogP contribution in [-0.4, -0.2) is 26.9 Å². The fraction of sp³-hybridized carbons (Fsp3) is 0.192. The lowest BCUT2D eigenvalue weighted by Crippen LogP contribution is -2.20. The van der Waals surface area contributed by atoms with Crippen LogP contribution in [0.4, 0.5) is 18.9 Å². The predicted molar refractivity (Wildman–Crippen MR) is 133 cm³/mol. The first-order valence-electron chi connectivity index (χ1n) is 11.3. The second kappa shape index (κ2) is 10.2. The number of nitro benzene ring substituents is 1. The van der Waals surface area contributed by atoms with Crippen LogP contribution in [-0.2, 0) is 6.18 Å². The molecule has 8 nitrogen and oxygen atoms in total. The first kappa shape index (κ1) is 25.5. The van der Waals surface area contributed by atoms with Gasteiger partial charge in [-0.05, 0) is 43.7 Å². The van der Waals surface area contributed by atoms with Crippen LogP contribution in [0.15, 0.2) is 76.6 Å². The quantitative estimate of drug-likeness (QED) is 0.171. The van der Waals surface area contributed by atoms with Gasteiger partial charge in [-0.15, -0.1) is 0 Å². The molecule has 0 unspecified atom stereocenters. The van der Waals surface area contributed by atoms with E-state index in [1.54, 1.807) is 18.2 Å². The van der Waals surface area contributed by atoms with Crippen molar-refractivity contribution in [3.63, 3.8) is 0 Å². The number of nitrogens with zero attached hydrogens (tertiary/aromatic N) is 4. The Kier molecular flexibility index (Phi) is 7.05. The monoisotopic (exact) mass is 510 g/mol. The summed E-state index contributed by atoms with van der Waals surface area (Å²) >= 11 is 0. The molecule has 0 saturated heterocycles. The molecule has 1 aromatic heterocycles. The number of benzene rings is 3. The highest BCUT2D eigenvalue weighted by molar-refractivity contribution is 5.85. The Labute approximate surface area is 208 Å². The Morgan fingerprint density at radius 3 is 2.59 bits per heavy atom. The van der Waals surface area contributed by atoms with E-state index < -0.39 is 22.2 Å². The molecule has 0 amide bonds. The largest absolute Gasteiger partial charge is 0.490 e. The molecule has 11 heteroatoms. The van der Waals surface area contributed by atoms with Gasteiger partial charge in [-0.1, -0.05) is 31.2 Å². The molecule has 0 aliphatic carbocycles. The van der Waals surface area contributed by atoms with Crippen molar-refractivity contribution < 1.29 is 22.8 Å². The van der Waals surface area contributed by atoms with Crippen LogP contribution < -0.4 is 10.3 Å². The lowest BCUT2D eigenvalue weighted by Gasteiger charge is -2.15. The van der Waals surface area contributed by atoms with Crippen molar-refractivity contribution in [1.82, 2.24) is 9.66 Å². The average Bonchev–Trinajstić information content (AvgIpc) is 2.88. The molecular weight excluding hydrogens is 489 g/mol. The highest BCUT2D eigenvalue weighted by Crippen LogP contribution is 2.32. The maximum atomic E-state index is 13.4. The summed E-state index contributed by atoms with van der Waals surface area (Å²) in [5.41, 5.74) is -1.24. The molecule has 0 fully saturated rings. The van der Waals surface area contributed by atoms with Gasteiger partial charge in [0.2, 0.25) is 0 Å². The Bertz CT molecular complexity index is 1560. The minimum absolute atomic E-state index is 0.0185. The van der Waals surface area contributed by atoms with E-state index in [0.717, 1.165) is 16.8 Å². The van der Waals surface area contributed by atoms with Crippen molar-refractivity contribution in [1.29, 1.82) is 0 Å². The first-order valence-corrected chi connectivity index (χ1v) is 11.3. The fourth-order valence-electron chi connectivity index (χ4n) is 3.53. The maximum absolute atomic E-state index is 13.4. The molecular formula is C26H21F3N4O4. The molecule has 0 radical (unpaired) electrons. The summed E-state index contributed by atoms with van der Waals surface area (Å²) in [5.74, 6) is 0.173. The van der Waals surface area contributed by atoms with Crippen molar-refractivity contribution in [2.24, 2.45) is 5.10 Å². The van der Waals surface area contributed by atoms with Crippen LogP contribution in [0.25, 0.3) is 22.3 Å². The Balaban J connectivity index is 1.92. The third-order valence-electron chi connectivity index (χ3n) is 5.62. The summed E-state index contributed by atoms with van der Waals surface area (Å²) < 4.78 is 46.9. The molecule has 37 heavy (non-hydrogen) atoms. The predicted octanol–water partition coefficient (Wildman–Crippen LogP) is 6.05.